The minimum atomic E-state index is -0.0910. The van der Waals surface area contributed by atoms with Crippen LogP contribution in [-0.2, 0) is 13.0 Å². The summed E-state index contributed by atoms with van der Waals surface area (Å²) >= 11 is 0. The number of aromatic nitrogens is 1. The summed E-state index contributed by atoms with van der Waals surface area (Å²) in [6.45, 7) is 31.2. The topological polar surface area (TPSA) is 50.0 Å². The normalized spacial score (nSPS) is 14.4. The summed E-state index contributed by atoms with van der Waals surface area (Å²) < 4.78 is 0. The van der Waals surface area contributed by atoms with Gasteiger partial charge in [0.25, 0.3) is 0 Å². The lowest BCUT2D eigenvalue weighted by molar-refractivity contribution is 0.434. The van der Waals surface area contributed by atoms with Crippen LogP contribution < -0.4 is 0 Å². The minimum absolute atomic E-state index is 0.0910. The van der Waals surface area contributed by atoms with Crippen LogP contribution in [0.4, 0.5) is 0 Å². The number of fused-ring (bicyclic) bond motifs is 1. The van der Waals surface area contributed by atoms with Crippen molar-refractivity contribution >= 4 is 29.3 Å². The molecular weight excluding hydrogens is 789 g/mol. The van der Waals surface area contributed by atoms with Crippen LogP contribution in [0.3, 0.4) is 0 Å². The Labute approximate surface area is 390 Å². The Morgan fingerprint density at radius 3 is 2.20 bits per heavy atom. The van der Waals surface area contributed by atoms with E-state index in [0.29, 0.717) is 36.6 Å². The summed E-state index contributed by atoms with van der Waals surface area (Å²) in [7, 11) is 0. The van der Waals surface area contributed by atoms with Gasteiger partial charge in [-0.3, -0.25) is 9.98 Å². The molecule has 0 aliphatic carbocycles. The molecule has 65 heavy (non-hydrogen) atoms. The Kier molecular flexibility index (Phi) is 21.5. The zero-order chi connectivity index (χ0) is 46.7. The first-order valence-corrected chi connectivity index (χ1v) is 22.4. The van der Waals surface area contributed by atoms with Gasteiger partial charge >= 0.3 is 0 Å². The fraction of sp³-hybridized carbons (Fsp3) is 0.180. The van der Waals surface area contributed by atoms with Gasteiger partial charge in [-0.2, -0.15) is 0 Å². The third kappa shape index (κ3) is 16.7. The highest BCUT2D eigenvalue weighted by Crippen LogP contribution is 2.33. The van der Waals surface area contributed by atoms with Crippen molar-refractivity contribution in [2.24, 2.45) is 20.4 Å². The molecule has 0 saturated carbocycles. The predicted molar refractivity (Wildman–Crippen MR) is 287 cm³/mol. The summed E-state index contributed by atoms with van der Waals surface area (Å²) in [6.07, 6.45) is 39.6. The van der Waals surface area contributed by atoms with Gasteiger partial charge in [0.1, 0.15) is 0 Å². The Balaban J connectivity index is 1.83. The Morgan fingerprint density at radius 2 is 1.51 bits per heavy atom. The van der Waals surface area contributed by atoms with Crippen molar-refractivity contribution in [2.75, 3.05) is 0 Å². The third-order valence-corrected chi connectivity index (χ3v) is 10.7. The van der Waals surface area contributed by atoms with E-state index in [0.717, 1.165) is 70.0 Å². The number of allylic oxidation sites excluding steroid dienone is 17. The number of para-hydroxylation sites is 1. The first-order valence-electron chi connectivity index (χ1n) is 22.4. The van der Waals surface area contributed by atoms with Crippen LogP contribution in [0.2, 0.25) is 0 Å². The van der Waals surface area contributed by atoms with Crippen molar-refractivity contribution in [2.45, 2.75) is 65.8 Å². The van der Waals surface area contributed by atoms with Crippen molar-refractivity contribution in [1.82, 2.24) is 4.98 Å². The molecule has 0 aliphatic rings. The van der Waals surface area contributed by atoms with Crippen LogP contribution >= 0.6 is 0 Å². The molecule has 1 heterocycles. The van der Waals surface area contributed by atoms with Crippen LogP contribution in [0.15, 0.2) is 264 Å². The quantitative estimate of drug-likeness (QED) is 0.0300. The number of benzene rings is 3. The molecular formula is C61H66N4. The van der Waals surface area contributed by atoms with Gasteiger partial charge in [-0.05, 0) is 97.6 Å². The smallest absolute Gasteiger partial charge is 0.160 e. The third-order valence-electron chi connectivity index (χ3n) is 10.7. The molecule has 4 nitrogen and oxygen atoms in total. The van der Waals surface area contributed by atoms with Gasteiger partial charge < -0.3 is 0 Å². The van der Waals surface area contributed by atoms with Crippen molar-refractivity contribution in [3.8, 4) is 11.1 Å². The van der Waals surface area contributed by atoms with Crippen LogP contribution in [-0.4, -0.2) is 23.4 Å². The van der Waals surface area contributed by atoms with Gasteiger partial charge in [0, 0.05) is 28.3 Å². The molecule has 4 heteroatoms. The predicted octanol–water partition coefficient (Wildman–Crippen LogP) is 16.4. The summed E-state index contributed by atoms with van der Waals surface area (Å²) in [5, 5.41) is 1.11. The van der Waals surface area contributed by atoms with Gasteiger partial charge in [-0.15, -0.1) is 13.2 Å². The average Bonchev–Trinajstić information content (AvgIpc) is 3.34. The molecule has 1 aromatic heterocycles. The second kappa shape index (κ2) is 27.7. The molecule has 3 aromatic carbocycles. The fourth-order valence-corrected chi connectivity index (χ4v) is 7.01. The van der Waals surface area contributed by atoms with E-state index in [9.17, 15) is 0 Å². The zero-order valence-electron chi connectivity index (χ0n) is 38.9. The maximum atomic E-state index is 5.13. The molecule has 0 spiro atoms. The average molecular weight is 855 g/mol. The van der Waals surface area contributed by atoms with E-state index in [1.165, 1.54) is 11.1 Å². The molecule has 0 radical (unpaired) electrons. The van der Waals surface area contributed by atoms with E-state index in [4.69, 9.17) is 9.98 Å². The second-order valence-corrected chi connectivity index (χ2v) is 15.9. The molecule has 0 saturated heterocycles. The summed E-state index contributed by atoms with van der Waals surface area (Å²) in [6, 6.07) is 29.2. The zero-order valence-corrected chi connectivity index (χ0v) is 38.9. The highest BCUT2D eigenvalue weighted by Gasteiger charge is 2.19. The second-order valence-electron chi connectivity index (χ2n) is 15.9. The molecule has 0 amide bonds. The molecule has 4 aromatic rings. The van der Waals surface area contributed by atoms with Crippen LogP contribution in [0, 0.1) is 5.41 Å². The van der Waals surface area contributed by atoms with Gasteiger partial charge in [0.2, 0.25) is 0 Å². The first kappa shape index (κ1) is 50.3. The largest absolute Gasteiger partial charge is 0.261 e. The Bertz CT molecular complexity index is 2570. The summed E-state index contributed by atoms with van der Waals surface area (Å²) in [4.78, 5) is 19.2. The van der Waals surface area contributed by atoms with Crippen LogP contribution in [0.5, 0.6) is 0 Å². The maximum absolute atomic E-state index is 5.13. The van der Waals surface area contributed by atoms with Crippen molar-refractivity contribution < 1.29 is 0 Å². The SMILES string of the molecule is C=C/C=C\C(=C)C(N=C)=NC(=NCc1ccccc1)C(/C=C(\C=C)C/C=C(\C=C/CC)C/C=C(/C=C\C=C/C)C[C@](C)(C=C)CC=C)=C/Cc1ccc(-c2cccc3cccnc23)cc1. The number of hydrogen-bond donors (Lipinski definition) is 0. The summed E-state index contributed by atoms with van der Waals surface area (Å²) in [5.74, 6) is 0.892. The first-order chi connectivity index (χ1) is 31.7. The van der Waals surface area contributed by atoms with Gasteiger partial charge in [0.05, 0.1) is 12.1 Å². The monoisotopic (exact) mass is 855 g/mol. The molecule has 0 unspecified atom stereocenters. The van der Waals surface area contributed by atoms with Crippen molar-refractivity contribution in [3.63, 3.8) is 0 Å². The van der Waals surface area contributed by atoms with Crippen LogP contribution in [0.25, 0.3) is 22.0 Å². The maximum Gasteiger partial charge on any atom is 0.160 e. The van der Waals surface area contributed by atoms with E-state index in [-0.39, 0.29) is 5.41 Å². The van der Waals surface area contributed by atoms with Crippen molar-refractivity contribution in [3.05, 3.63) is 260 Å². The molecule has 0 N–H and O–H groups in total. The molecule has 0 fully saturated rings. The Hall–Kier alpha value is -7.30. The highest BCUT2D eigenvalue weighted by molar-refractivity contribution is 6.14. The van der Waals surface area contributed by atoms with E-state index >= 15 is 0 Å². The lowest BCUT2D eigenvalue weighted by Crippen LogP contribution is -2.12. The number of nitrogens with zero attached hydrogens (tertiary/aromatic N) is 4. The Morgan fingerprint density at radius 1 is 0.754 bits per heavy atom. The van der Waals surface area contributed by atoms with Gasteiger partial charge in [0.15, 0.2) is 11.7 Å². The van der Waals surface area contributed by atoms with E-state index in [2.05, 4.69) is 185 Å². The number of aliphatic imine (C=N–C) groups is 3. The standard InChI is InChI=1S/C61H66N4/c1-10-16-20-27-52(46-61(8,15-6)43-13-4)36-35-50(26-18-12-3)34-33-49(14-5)45-56(60(64-47-53-28-21-19-22-29-53)65-59(62-9)48(7)25-17-11-2)42-39-51-37-40-54(41-38-51)57-32-23-30-55-31-24-44-63-58(55)57/h10-11,13-32,34,36-38,40-42,44-45H,2,4-7,9,12,33,35,39,43,46-47H2,1,3,8H3/b16-10-,25-17-,26-18-,27-20-,49-45+,50-34+,52-36-,56-42+,64-60?,65-59?/t61-/m1/s1. The molecule has 1 atom stereocenters. The van der Waals surface area contributed by atoms with E-state index in [1.807, 2.05) is 61.7 Å². The lowest BCUT2D eigenvalue weighted by Gasteiger charge is -2.25. The van der Waals surface area contributed by atoms with Gasteiger partial charge in [-0.25, -0.2) is 9.98 Å². The summed E-state index contributed by atoms with van der Waals surface area (Å²) in [5.41, 5.74) is 10.2. The number of amidine groups is 2. The number of hydrogen-bond acceptors (Lipinski definition) is 2. The van der Waals surface area contributed by atoms with E-state index in [1.54, 1.807) is 12.2 Å². The highest BCUT2D eigenvalue weighted by atomic mass is 15.0. The van der Waals surface area contributed by atoms with Crippen molar-refractivity contribution in [1.29, 1.82) is 0 Å². The van der Waals surface area contributed by atoms with Crippen LogP contribution in [0.1, 0.15) is 64.0 Å². The fourth-order valence-electron chi connectivity index (χ4n) is 7.01. The molecule has 4 rings (SSSR count). The number of pyridine rings is 1. The minimum Gasteiger partial charge on any atom is -0.261 e. The number of rotatable bonds is 24. The van der Waals surface area contributed by atoms with E-state index < -0.39 is 0 Å². The lowest BCUT2D eigenvalue weighted by atomic mass is 9.80. The van der Waals surface area contributed by atoms with Gasteiger partial charge in [-0.1, -0.05) is 209 Å². The molecule has 330 valence electrons. The molecule has 0 bridgehead atoms. The molecule has 0 aliphatic heterocycles.